The van der Waals surface area contributed by atoms with Crippen LogP contribution in [0, 0.1) is 12.8 Å². The zero-order valence-electron chi connectivity index (χ0n) is 15.5. The number of aryl methyl sites for hydroxylation is 1. The van der Waals surface area contributed by atoms with Crippen LogP contribution in [-0.4, -0.2) is 7.11 Å². The second kappa shape index (κ2) is 7.20. The predicted molar refractivity (Wildman–Crippen MR) is 110 cm³/mol. The standard InChI is InChI=1S/C24H24OS/c1-16-8-7-11-21-22(18-12-14-20(25-3)15-13-18)17(2)24(26-23(16)21)19-9-5-4-6-10-19/h4-15,17,22,24H,1-3H3. The normalized spacial score (nSPS) is 21.9. The third-order valence-electron chi connectivity index (χ3n) is 5.43. The fourth-order valence-electron chi connectivity index (χ4n) is 4.08. The van der Waals surface area contributed by atoms with Crippen molar-refractivity contribution >= 4 is 11.8 Å². The van der Waals surface area contributed by atoms with Gasteiger partial charge in [0.2, 0.25) is 0 Å². The molecule has 1 aliphatic rings. The summed E-state index contributed by atoms with van der Waals surface area (Å²) in [6, 6.07) is 26.3. The minimum absolute atomic E-state index is 0.391. The molecule has 0 aliphatic carbocycles. The number of hydrogen-bond acceptors (Lipinski definition) is 2. The van der Waals surface area contributed by atoms with Gasteiger partial charge in [0.25, 0.3) is 0 Å². The second-order valence-electron chi connectivity index (χ2n) is 7.05. The lowest BCUT2D eigenvalue weighted by atomic mass is 9.77. The number of rotatable bonds is 3. The van der Waals surface area contributed by atoms with Crippen molar-refractivity contribution < 1.29 is 4.74 Å². The lowest BCUT2D eigenvalue weighted by Crippen LogP contribution is -2.22. The van der Waals surface area contributed by atoms with Crippen LogP contribution in [0.1, 0.15) is 40.3 Å². The number of fused-ring (bicyclic) bond motifs is 1. The molecule has 3 aromatic carbocycles. The molecule has 0 fully saturated rings. The van der Waals surface area contributed by atoms with Crippen LogP contribution in [0.4, 0.5) is 0 Å². The van der Waals surface area contributed by atoms with Crippen LogP contribution in [0.25, 0.3) is 0 Å². The molecule has 0 amide bonds. The van der Waals surface area contributed by atoms with E-state index in [9.17, 15) is 0 Å². The molecule has 2 heteroatoms. The highest BCUT2D eigenvalue weighted by Crippen LogP contribution is 2.55. The van der Waals surface area contributed by atoms with E-state index >= 15 is 0 Å². The molecule has 3 aromatic rings. The minimum Gasteiger partial charge on any atom is -0.497 e. The van der Waals surface area contributed by atoms with Crippen LogP contribution in [-0.2, 0) is 0 Å². The summed E-state index contributed by atoms with van der Waals surface area (Å²) in [6.45, 7) is 4.62. The monoisotopic (exact) mass is 360 g/mol. The van der Waals surface area contributed by atoms with E-state index in [0.29, 0.717) is 17.1 Å². The first-order valence-electron chi connectivity index (χ1n) is 9.14. The quantitative estimate of drug-likeness (QED) is 0.519. The van der Waals surface area contributed by atoms with Crippen molar-refractivity contribution in [3.8, 4) is 5.75 Å². The first-order valence-corrected chi connectivity index (χ1v) is 10.0. The van der Waals surface area contributed by atoms with E-state index in [-0.39, 0.29) is 0 Å². The van der Waals surface area contributed by atoms with Gasteiger partial charge < -0.3 is 4.74 Å². The van der Waals surface area contributed by atoms with Gasteiger partial charge in [-0.2, -0.15) is 0 Å². The van der Waals surface area contributed by atoms with E-state index in [1.165, 1.54) is 27.1 Å². The molecular weight excluding hydrogens is 336 g/mol. The zero-order chi connectivity index (χ0) is 18.1. The van der Waals surface area contributed by atoms with Gasteiger partial charge in [-0.25, -0.2) is 0 Å². The summed E-state index contributed by atoms with van der Waals surface area (Å²) in [6.07, 6.45) is 0. The highest BCUT2D eigenvalue weighted by molar-refractivity contribution is 7.99. The summed E-state index contributed by atoms with van der Waals surface area (Å²) in [5, 5.41) is 0.455. The van der Waals surface area contributed by atoms with Crippen molar-refractivity contribution in [1.82, 2.24) is 0 Å². The van der Waals surface area contributed by atoms with Gasteiger partial charge in [-0.05, 0) is 47.2 Å². The molecular formula is C24H24OS. The van der Waals surface area contributed by atoms with E-state index in [0.717, 1.165) is 5.75 Å². The first-order chi connectivity index (χ1) is 12.7. The van der Waals surface area contributed by atoms with Crippen molar-refractivity contribution in [2.75, 3.05) is 7.11 Å². The van der Waals surface area contributed by atoms with Crippen molar-refractivity contribution in [3.05, 3.63) is 95.1 Å². The predicted octanol–water partition coefficient (Wildman–Crippen LogP) is 6.62. The van der Waals surface area contributed by atoms with Gasteiger partial charge in [-0.15, -0.1) is 11.8 Å². The maximum absolute atomic E-state index is 5.36. The van der Waals surface area contributed by atoms with Crippen molar-refractivity contribution in [2.45, 2.75) is 29.9 Å². The van der Waals surface area contributed by atoms with Crippen LogP contribution in [0.3, 0.4) is 0 Å². The molecule has 0 spiro atoms. The Bertz CT molecular complexity index is 886. The Morgan fingerprint density at radius 2 is 1.54 bits per heavy atom. The number of thioether (sulfide) groups is 1. The molecule has 0 bridgehead atoms. The number of hydrogen-bond donors (Lipinski definition) is 0. The van der Waals surface area contributed by atoms with Gasteiger partial charge in [-0.3, -0.25) is 0 Å². The highest BCUT2D eigenvalue weighted by atomic mass is 32.2. The number of methoxy groups -OCH3 is 1. The van der Waals surface area contributed by atoms with Crippen LogP contribution in [0.5, 0.6) is 5.75 Å². The maximum atomic E-state index is 5.36. The molecule has 1 aliphatic heterocycles. The molecule has 1 heterocycles. The Kier molecular flexibility index (Phi) is 4.78. The van der Waals surface area contributed by atoms with Gasteiger partial charge in [-0.1, -0.05) is 67.6 Å². The molecule has 0 N–H and O–H groups in total. The van der Waals surface area contributed by atoms with Gasteiger partial charge in [0.05, 0.1) is 7.11 Å². The zero-order valence-corrected chi connectivity index (χ0v) is 16.3. The van der Waals surface area contributed by atoms with E-state index < -0.39 is 0 Å². The number of ether oxygens (including phenoxy) is 1. The van der Waals surface area contributed by atoms with Crippen molar-refractivity contribution in [1.29, 1.82) is 0 Å². The summed E-state index contributed by atoms with van der Waals surface area (Å²) in [4.78, 5) is 1.44. The molecule has 0 radical (unpaired) electrons. The SMILES string of the molecule is COc1ccc(C2c3cccc(C)c3SC(c3ccccc3)C2C)cc1. The third kappa shape index (κ3) is 3.03. The highest BCUT2D eigenvalue weighted by Gasteiger charge is 2.36. The van der Waals surface area contributed by atoms with Crippen LogP contribution >= 0.6 is 11.8 Å². The van der Waals surface area contributed by atoms with Crippen molar-refractivity contribution in [3.63, 3.8) is 0 Å². The summed E-state index contributed by atoms with van der Waals surface area (Å²) < 4.78 is 5.36. The lowest BCUT2D eigenvalue weighted by Gasteiger charge is -2.38. The second-order valence-corrected chi connectivity index (χ2v) is 8.20. The molecule has 0 aromatic heterocycles. The average molecular weight is 361 g/mol. The Morgan fingerprint density at radius 1 is 0.808 bits per heavy atom. The summed E-state index contributed by atoms with van der Waals surface area (Å²) in [7, 11) is 1.72. The Morgan fingerprint density at radius 3 is 2.23 bits per heavy atom. The Labute approximate surface area is 160 Å². The molecule has 1 nitrogen and oxygen atoms in total. The van der Waals surface area contributed by atoms with Gasteiger partial charge in [0.1, 0.15) is 5.75 Å². The molecule has 4 rings (SSSR count). The van der Waals surface area contributed by atoms with E-state index in [1.54, 1.807) is 7.11 Å². The van der Waals surface area contributed by atoms with E-state index in [2.05, 4.69) is 86.6 Å². The molecule has 132 valence electrons. The Hall–Kier alpha value is -2.19. The summed E-state index contributed by atoms with van der Waals surface area (Å²) >= 11 is 2.03. The third-order valence-corrected chi connectivity index (χ3v) is 7.18. The fourth-order valence-corrected chi connectivity index (χ4v) is 5.59. The maximum Gasteiger partial charge on any atom is 0.118 e. The Balaban J connectivity index is 1.84. The summed E-state index contributed by atoms with van der Waals surface area (Å²) in [5.41, 5.74) is 5.61. The average Bonchev–Trinajstić information content (AvgIpc) is 2.69. The van der Waals surface area contributed by atoms with Gasteiger partial charge in [0, 0.05) is 16.1 Å². The minimum atomic E-state index is 0.391. The topological polar surface area (TPSA) is 9.23 Å². The smallest absolute Gasteiger partial charge is 0.118 e. The van der Waals surface area contributed by atoms with Crippen LogP contribution in [0.15, 0.2) is 77.7 Å². The lowest BCUT2D eigenvalue weighted by molar-refractivity contribution is 0.414. The number of benzene rings is 3. The molecule has 0 saturated carbocycles. The van der Waals surface area contributed by atoms with E-state index in [1.807, 2.05) is 11.8 Å². The molecule has 3 unspecified atom stereocenters. The van der Waals surface area contributed by atoms with E-state index in [4.69, 9.17) is 4.74 Å². The van der Waals surface area contributed by atoms with Crippen molar-refractivity contribution in [2.24, 2.45) is 5.92 Å². The first kappa shape index (κ1) is 17.2. The fraction of sp³-hybridized carbons (Fsp3) is 0.250. The largest absolute Gasteiger partial charge is 0.497 e. The molecule has 0 saturated heterocycles. The van der Waals surface area contributed by atoms with Gasteiger partial charge >= 0.3 is 0 Å². The molecule has 26 heavy (non-hydrogen) atoms. The van der Waals surface area contributed by atoms with Crippen LogP contribution < -0.4 is 4.74 Å². The molecule has 3 atom stereocenters. The van der Waals surface area contributed by atoms with Crippen LogP contribution in [0.2, 0.25) is 0 Å². The summed E-state index contributed by atoms with van der Waals surface area (Å²) in [5.74, 6) is 1.81. The van der Waals surface area contributed by atoms with Gasteiger partial charge in [0.15, 0.2) is 0 Å².